The van der Waals surface area contributed by atoms with Crippen molar-refractivity contribution in [3.8, 4) is 5.75 Å². The van der Waals surface area contributed by atoms with Crippen LogP contribution >= 0.6 is 0 Å². The van der Waals surface area contributed by atoms with E-state index in [2.05, 4.69) is 5.32 Å². The number of rotatable bonds is 3. The summed E-state index contributed by atoms with van der Waals surface area (Å²) in [5.74, 6) is 0.112. The van der Waals surface area contributed by atoms with Crippen molar-refractivity contribution in [3.05, 3.63) is 23.8 Å². The van der Waals surface area contributed by atoms with E-state index in [9.17, 15) is 23.1 Å². The van der Waals surface area contributed by atoms with Crippen LogP contribution in [0.25, 0.3) is 0 Å². The van der Waals surface area contributed by atoms with Gasteiger partial charge in [0.1, 0.15) is 5.75 Å². The Morgan fingerprint density at radius 2 is 2.00 bits per heavy atom. The molecule has 1 aromatic rings. The lowest BCUT2D eigenvalue weighted by Crippen LogP contribution is -2.38. The molecule has 0 aliphatic carbocycles. The Bertz CT molecular complexity index is 538. The molecular weight excluding hydrogens is 297 g/mol. The van der Waals surface area contributed by atoms with E-state index in [0.717, 1.165) is 31.0 Å². The number of hydrogen-bond donors (Lipinski definition) is 2. The minimum absolute atomic E-state index is 0.0435. The maximum Gasteiger partial charge on any atom is 0.416 e. The van der Waals surface area contributed by atoms with Gasteiger partial charge in [-0.25, -0.2) is 0 Å². The first kappa shape index (κ1) is 16.5. The quantitative estimate of drug-likeness (QED) is 0.843. The van der Waals surface area contributed by atoms with Crippen LogP contribution in [0.4, 0.5) is 18.9 Å². The Labute approximate surface area is 126 Å². The summed E-state index contributed by atoms with van der Waals surface area (Å²) in [5, 5.41) is 12.5. The van der Waals surface area contributed by atoms with Crippen LogP contribution in [-0.2, 0) is 11.0 Å². The summed E-state index contributed by atoms with van der Waals surface area (Å²) in [7, 11) is 0. The van der Waals surface area contributed by atoms with Crippen LogP contribution in [0.15, 0.2) is 18.2 Å². The summed E-state index contributed by atoms with van der Waals surface area (Å²) >= 11 is 0. The molecule has 1 amide bonds. The zero-order valence-corrected chi connectivity index (χ0v) is 12.3. The van der Waals surface area contributed by atoms with E-state index >= 15 is 0 Å². The molecule has 1 aliphatic heterocycles. The van der Waals surface area contributed by atoms with Gasteiger partial charge in [-0.1, -0.05) is 0 Å². The van der Waals surface area contributed by atoms with Crippen LogP contribution in [-0.4, -0.2) is 35.5 Å². The summed E-state index contributed by atoms with van der Waals surface area (Å²) in [6.07, 6.45) is -2.84. The van der Waals surface area contributed by atoms with Gasteiger partial charge in [0, 0.05) is 26.6 Å². The van der Waals surface area contributed by atoms with Gasteiger partial charge in [0.2, 0.25) is 5.91 Å². The molecule has 1 fully saturated rings. The second-order valence-corrected chi connectivity index (χ2v) is 5.56. The van der Waals surface area contributed by atoms with Crippen molar-refractivity contribution in [1.29, 1.82) is 0 Å². The largest absolute Gasteiger partial charge is 0.506 e. The van der Waals surface area contributed by atoms with Gasteiger partial charge in [0.15, 0.2) is 0 Å². The maximum atomic E-state index is 12.7. The van der Waals surface area contributed by atoms with Gasteiger partial charge < -0.3 is 15.3 Å². The number of alkyl halides is 3. The Kier molecular flexibility index (Phi) is 4.83. The number of halogens is 3. The average Bonchev–Trinajstić information content (AvgIpc) is 2.45. The highest BCUT2D eigenvalue weighted by Crippen LogP contribution is 2.34. The number of phenols is 1. The number of benzene rings is 1. The molecule has 0 saturated carbocycles. The van der Waals surface area contributed by atoms with Crippen LogP contribution in [0.3, 0.4) is 0 Å². The molecule has 1 saturated heterocycles. The van der Waals surface area contributed by atoms with Crippen LogP contribution in [0.2, 0.25) is 0 Å². The van der Waals surface area contributed by atoms with Gasteiger partial charge in [-0.15, -0.1) is 0 Å². The Morgan fingerprint density at radius 1 is 1.36 bits per heavy atom. The standard InChI is InChI=1S/C15H19F3N2O2/c1-10(21)20-6-4-11(5-7-20)9-19-13-8-12(15(16,17)18)2-3-14(13)22/h2-3,8,11,19,22H,4-7,9H2,1H3. The number of anilines is 1. The van der Waals surface area contributed by atoms with Gasteiger partial charge in [-0.3, -0.25) is 4.79 Å². The third-order valence-corrected chi connectivity index (χ3v) is 3.96. The average molecular weight is 316 g/mol. The first-order chi connectivity index (χ1) is 10.3. The molecule has 0 spiro atoms. The zero-order chi connectivity index (χ0) is 16.3. The normalized spacial score (nSPS) is 16.6. The molecule has 2 N–H and O–H groups in total. The number of aromatic hydroxyl groups is 1. The molecule has 22 heavy (non-hydrogen) atoms. The predicted octanol–water partition coefficient (Wildman–Crippen LogP) is 3.08. The maximum absolute atomic E-state index is 12.7. The number of nitrogens with zero attached hydrogens (tertiary/aromatic N) is 1. The second-order valence-electron chi connectivity index (χ2n) is 5.56. The van der Waals surface area contributed by atoms with Crippen molar-refractivity contribution in [3.63, 3.8) is 0 Å². The van der Waals surface area contributed by atoms with Gasteiger partial charge in [0.25, 0.3) is 0 Å². The number of piperidine rings is 1. The minimum atomic E-state index is -4.43. The molecule has 0 unspecified atom stereocenters. The van der Waals surface area contributed by atoms with Crippen molar-refractivity contribution >= 4 is 11.6 Å². The summed E-state index contributed by atoms with van der Waals surface area (Å²) < 4.78 is 38.0. The highest BCUT2D eigenvalue weighted by atomic mass is 19.4. The van der Waals surface area contributed by atoms with Crippen molar-refractivity contribution in [2.45, 2.75) is 25.9 Å². The van der Waals surface area contributed by atoms with Gasteiger partial charge in [-0.05, 0) is 37.0 Å². The van der Waals surface area contributed by atoms with E-state index < -0.39 is 11.7 Å². The van der Waals surface area contributed by atoms with Crippen LogP contribution in [0.5, 0.6) is 5.75 Å². The summed E-state index contributed by atoms with van der Waals surface area (Å²) in [4.78, 5) is 13.0. The van der Waals surface area contributed by atoms with E-state index in [0.29, 0.717) is 19.6 Å². The summed E-state index contributed by atoms with van der Waals surface area (Å²) in [5.41, 5.74) is -0.706. The number of hydrogen-bond acceptors (Lipinski definition) is 3. The lowest BCUT2D eigenvalue weighted by Gasteiger charge is -2.31. The van der Waals surface area contributed by atoms with Crippen molar-refractivity contribution in [1.82, 2.24) is 4.90 Å². The van der Waals surface area contributed by atoms with E-state index in [1.165, 1.54) is 6.92 Å². The predicted molar refractivity (Wildman–Crippen MR) is 76.6 cm³/mol. The van der Waals surface area contributed by atoms with Crippen LogP contribution < -0.4 is 5.32 Å². The van der Waals surface area contributed by atoms with E-state index in [-0.39, 0.29) is 23.3 Å². The fourth-order valence-electron chi connectivity index (χ4n) is 2.56. The fourth-order valence-corrected chi connectivity index (χ4v) is 2.56. The van der Waals surface area contributed by atoms with Gasteiger partial charge in [0.05, 0.1) is 11.3 Å². The van der Waals surface area contributed by atoms with E-state index in [1.807, 2.05) is 0 Å². The molecule has 0 bridgehead atoms. The lowest BCUT2D eigenvalue weighted by atomic mass is 9.96. The number of carbonyl (C=O) groups excluding carboxylic acids is 1. The monoisotopic (exact) mass is 316 g/mol. The first-order valence-electron chi connectivity index (χ1n) is 7.17. The summed E-state index contributed by atoms with van der Waals surface area (Å²) in [6.45, 7) is 3.33. The Morgan fingerprint density at radius 3 is 2.55 bits per heavy atom. The Hall–Kier alpha value is -1.92. The molecule has 1 heterocycles. The second kappa shape index (κ2) is 6.46. The fraction of sp³-hybridized carbons (Fsp3) is 0.533. The first-order valence-corrected chi connectivity index (χ1v) is 7.17. The number of amides is 1. The highest BCUT2D eigenvalue weighted by molar-refractivity contribution is 5.73. The third kappa shape index (κ3) is 4.05. The lowest BCUT2D eigenvalue weighted by molar-refractivity contribution is -0.137. The topological polar surface area (TPSA) is 52.6 Å². The summed E-state index contributed by atoms with van der Waals surface area (Å²) in [6, 6.07) is 2.81. The SMILES string of the molecule is CC(=O)N1CCC(CNc2cc(C(F)(F)F)ccc2O)CC1. The van der Waals surface area contributed by atoms with Gasteiger partial charge in [-0.2, -0.15) is 13.2 Å². The number of likely N-dealkylation sites (tertiary alicyclic amines) is 1. The molecule has 7 heteroatoms. The molecule has 0 radical (unpaired) electrons. The van der Waals surface area contributed by atoms with Crippen LogP contribution in [0, 0.1) is 5.92 Å². The number of nitrogens with one attached hydrogen (secondary N) is 1. The molecular formula is C15H19F3N2O2. The molecule has 4 nitrogen and oxygen atoms in total. The van der Waals surface area contributed by atoms with Crippen molar-refractivity contribution in [2.24, 2.45) is 5.92 Å². The smallest absolute Gasteiger partial charge is 0.416 e. The molecule has 2 rings (SSSR count). The third-order valence-electron chi connectivity index (χ3n) is 3.96. The molecule has 0 atom stereocenters. The van der Waals surface area contributed by atoms with E-state index in [1.54, 1.807) is 4.90 Å². The number of phenolic OH excluding ortho intramolecular Hbond substituents is 1. The van der Waals surface area contributed by atoms with Gasteiger partial charge >= 0.3 is 6.18 Å². The number of carbonyl (C=O) groups is 1. The van der Waals surface area contributed by atoms with Crippen molar-refractivity contribution in [2.75, 3.05) is 25.0 Å². The molecule has 1 aliphatic rings. The molecule has 0 aromatic heterocycles. The van der Waals surface area contributed by atoms with E-state index in [4.69, 9.17) is 0 Å². The Balaban J connectivity index is 1.93. The zero-order valence-electron chi connectivity index (χ0n) is 12.3. The van der Waals surface area contributed by atoms with Crippen LogP contribution in [0.1, 0.15) is 25.3 Å². The molecule has 1 aromatic carbocycles. The van der Waals surface area contributed by atoms with Crippen molar-refractivity contribution < 1.29 is 23.1 Å². The minimum Gasteiger partial charge on any atom is -0.506 e. The highest BCUT2D eigenvalue weighted by Gasteiger charge is 2.31. The molecule has 122 valence electrons.